The van der Waals surface area contributed by atoms with Crippen molar-refractivity contribution >= 4 is 32.9 Å². The number of benzene rings is 1. The molecule has 0 saturated carbocycles. The number of methoxy groups -OCH3 is 1. The topological polar surface area (TPSA) is 55.6 Å². The molecule has 0 aliphatic carbocycles. The number of nitrogens with zero attached hydrogens (tertiary/aromatic N) is 2. The van der Waals surface area contributed by atoms with E-state index in [-0.39, 0.29) is 11.8 Å². The van der Waals surface area contributed by atoms with Gasteiger partial charge in [0.15, 0.2) is 5.58 Å². The maximum Gasteiger partial charge on any atom is 0.309 e. The van der Waals surface area contributed by atoms with Crippen molar-refractivity contribution in [1.82, 2.24) is 9.88 Å². The quantitative estimate of drug-likeness (QED) is 0.852. The second-order valence-corrected chi connectivity index (χ2v) is 5.33. The minimum Gasteiger partial charge on any atom is -0.495 e. The van der Waals surface area contributed by atoms with Gasteiger partial charge in [0.05, 0.1) is 11.6 Å². The maximum atomic E-state index is 12.2. The third kappa shape index (κ3) is 2.20. The number of ether oxygens (including phenoxy) is 1. The molecule has 6 heteroatoms. The number of hydrogen-bond acceptors (Lipinski definition) is 4. The van der Waals surface area contributed by atoms with Crippen LogP contribution >= 0.6 is 15.9 Å². The zero-order valence-corrected chi connectivity index (χ0v) is 12.1. The molecule has 19 heavy (non-hydrogen) atoms. The number of rotatable bonds is 2. The van der Waals surface area contributed by atoms with Gasteiger partial charge in [-0.25, -0.2) is 4.98 Å². The molecule has 0 N–H and O–H groups in total. The molecular formula is C13H13BrN2O3. The number of oxazole rings is 1. The third-order valence-electron chi connectivity index (χ3n) is 3.24. The van der Waals surface area contributed by atoms with Gasteiger partial charge >= 0.3 is 5.91 Å². The summed E-state index contributed by atoms with van der Waals surface area (Å²) in [7, 11) is 1.59. The first kappa shape index (κ1) is 12.5. The number of likely N-dealkylation sites (tertiary alicyclic amines) is 1. The van der Waals surface area contributed by atoms with Crippen LogP contribution in [0.3, 0.4) is 0 Å². The molecule has 0 unspecified atom stereocenters. The molecule has 0 radical (unpaired) electrons. The van der Waals surface area contributed by atoms with Gasteiger partial charge in [0.1, 0.15) is 11.3 Å². The zero-order valence-electron chi connectivity index (χ0n) is 10.5. The number of carbonyl (C=O) groups is 1. The molecule has 1 aromatic carbocycles. The highest BCUT2D eigenvalue weighted by molar-refractivity contribution is 9.10. The molecule has 1 fully saturated rings. The summed E-state index contributed by atoms with van der Waals surface area (Å²) < 4.78 is 11.5. The lowest BCUT2D eigenvalue weighted by Crippen LogP contribution is -2.27. The normalized spacial score (nSPS) is 15.2. The van der Waals surface area contributed by atoms with Gasteiger partial charge in [0.25, 0.3) is 5.89 Å². The van der Waals surface area contributed by atoms with Crippen LogP contribution in [0.1, 0.15) is 23.5 Å². The average molecular weight is 325 g/mol. The summed E-state index contributed by atoms with van der Waals surface area (Å²) in [5, 5.41) is 0. The minimum atomic E-state index is -0.135. The average Bonchev–Trinajstić information content (AvgIpc) is 3.05. The second kappa shape index (κ2) is 4.85. The van der Waals surface area contributed by atoms with Crippen LogP contribution in [0, 0.1) is 0 Å². The molecule has 0 atom stereocenters. The Bertz CT molecular complexity index is 632. The Kier molecular flexibility index (Phi) is 3.18. The van der Waals surface area contributed by atoms with Gasteiger partial charge in [-0.1, -0.05) is 0 Å². The third-order valence-corrected chi connectivity index (χ3v) is 3.86. The van der Waals surface area contributed by atoms with Gasteiger partial charge in [-0.05, 0) is 28.8 Å². The van der Waals surface area contributed by atoms with Crippen LogP contribution in [0.4, 0.5) is 0 Å². The molecule has 2 heterocycles. The Morgan fingerprint density at radius 1 is 1.42 bits per heavy atom. The van der Waals surface area contributed by atoms with Crippen molar-refractivity contribution in [2.45, 2.75) is 12.8 Å². The van der Waals surface area contributed by atoms with Crippen LogP contribution in [-0.4, -0.2) is 36.0 Å². The molecule has 1 saturated heterocycles. The SMILES string of the molecule is COc1cc2nc(C(=O)N3CCCC3)oc2cc1Br. The first-order chi connectivity index (χ1) is 9.19. The Labute approximate surface area is 118 Å². The van der Waals surface area contributed by atoms with Gasteiger partial charge in [-0.15, -0.1) is 0 Å². The van der Waals surface area contributed by atoms with Gasteiger partial charge < -0.3 is 14.1 Å². The Hall–Kier alpha value is -1.56. The number of aromatic nitrogens is 1. The molecule has 1 amide bonds. The van der Waals surface area contributed by atoms with Crippen molar-refractivity contribution in [3.05, 3.63) is 22.5 Å². The number of fused-ring (bicyclic) bond motifs is 1. The number of amides is 1. The fourth-order valence-corrected chi connectivity index (χ4v) is 2.72. The highest BCUT2D eigenvalue weighted by atomic mass is 79.9. The number of halogens is 1. The zero-order chi connectivity index (χ0) is 13.4. The van der Waals surface area contributed by atoms with Gasteiger partial charge in [0.2, 0.25) is 0 Å². The van der Waals surface area contributed by atoms with Gasteiger partial charge in [-0.3, -0.25) is 4.79 Å². The summed E-state index contributed by atoms with van der Waals surface area (Å²) in [5.41, 5.74) is 1.21. The van der Waals surface area contributed by atoms with Gasteiger partial charge in [0, 0.05) is 25.2 Å². The summed E-state index contributed by atoms with van der Waals surface area (Å²) in [5.74, 6) is 0.682. The smallest absolute Gasteiger partial charge is 0.309 e. The molecular weight excluding hydrogens is 312 g/mol. The summed E-state index contributed by atoms with van der Waals surface area (Å²) in [6, 6.07) is 3.52. The van der Waals surface area contributed by atoms with Crippen LogP contribution < -0.4 is 4.74 Å². The summed E-state index contributed by atoms with van der Waals surface area (Å²) in [6.45, 7) is 1.56. The molecule has 3 rings (SSSR count). The van der Waals surface area contributed by atoms with E-state index in [0.29, 0.717) is 16.8 Å². The van der Waals surface area contributed by atoms with Crippen molar-refractivity contribution in [2.24, 2.45) is 0 Å². The van der Waals surface area contributed by atoms with Crippen molar-refractivity contribution in [1.29, 1.82) is 0 Å². The van der Waals surface area contributed by atoms with E-state index in [1.165, 1.54) is 0 Å². The predicted molar refractivity (Wildman–Crippen MR) is 73.4 cm³/mol. The van der Waals surface area contributed by atoms with E-state index in [2.05, 4.69) is 20.9 Å². The summed E-state index contributed by atoms with van der Waals surface area (Å²) in [4.78, 5) is 18.2. The summed E-state index contributed by atoms with van der Waals surface area (Å²) >= 11 is 3.38. The second-order valence-electron chi connectivity index (χ2n) is 4.47. The molecule has 1 aliphatic rings. The standard InChI is InChI=1S/C13H13BrN2O3/c1-18-10-7-9-11(6-8(10)14)19-12(15-9)13(17)16-4-2-3-5-16/h6-7H,2-5H2,1H3. The van der Waals surface area contributed by atoms with Crippen molar-refractivity contribution in [3.63, 3.8) is 0 Å². The molecule has 0 spiro atoms. The van der Waals surface area contributed by atoms with E-state index >= 15 is 0 Å². The van der Waals surface area contributed by atoms with E-state index in [9.17, 15) is 4.79 Å². The van der Waals surface area contributed by atoms with E-state index in [1.54, 1.807) is 24.1 Å². The van der Waals surface area contributed by atoms with E-state index in [4.69, 9.17) is 9.15 Å². The first-order valence-electron chi connectivity index (χ1n) is 6.12. The molecule has 2 aromatic rings. The monoisotopic (exact) mass is 324 g/mol. The van der Waals surface area contributed by atoms with Crippen LogP contribution in [0.25, 0.3) is 11.1 Å². The Morgan fingerprint density at radius 3 is 2.84 bits per heavy atom. The van der Waals surface area contributed by atoms with Crippen molar-refractivity contribution in [2.75, 3.05) is 20.2 Å². The van der Waals surface area contributed by atoms with Crippen LogP contribution in [-0.2, 0) is 0 Å². The van der Waals surface area contributed by atoms with Gasteiger partial charge in [-0.2, -0.15) is 0 Å². The maximum absolute atomic E-state index is 12.2. The molecule has 1 aliphatic heterocycles. The van der Waals surface area contributed by atoms with E-state index in [0.717, 1.165) is 30.4 Å². The molecule has 1 aromatic heterocycles. The minimum absolute atomic E-state index is 0.135. The number of carbonyl (C=O) groups excluding carboxylic acids is 1. The fourth-order valence-electron chi connectivity index (χ4n) is 2.23. The molecule has 0 bridgehead atoms. The first-order valence-corrected chi connectivity index (χ1v) is 6.91. The fraction of sp³-hybridized carbons (Fsp3) is 0.385. The lowest BCUT2D eigenvalue weighted by molar-refractivity contribution is 0.0756. The largest absolute Gasteiger partial charge is 0.495 e. The summed E-state index contributed by atoms with van der Waals surface area (Å²) in [6.07, 6.45) is 2.09. The Balaban J connectivity index is 1.99. The van der Waals surface area contributed by atoms with Crippen molar-refractivity contribution < 1.29 is 13.9 Å². The highest BCUT2D eigenvalue weighted by Gasteiger charge is 2.24. The highest BCUT2D eigenvalue weighted by Crippen LogP contribution is 2.30. The van der Waals surface area contributed by atoms with Crippen LogP contribution in [0.5, 0.6) is 5.75 Å². The lowest BCUT2D eigenvalue weighted by Gasteiger charge is -2.11. The lowest BCUT2D eigenvalue weighted by atomic mass is 10.3. The Morgan fingerprint density at radius 2 is 2.16 bits per heavy atom. The number of hydrogen-bond donors (Lipinski definition) is 0. The molecule has 5 nitrogen and oxygen atoms in total. The van der Waals surface area contributed by atoms with Crippen molar-refractivity contribution in [3.8, 4) is 5.75 Å². The van der Waals surface area contributed by atoms with E-state index < -0.39 is 0 Å². The van der Waals surface area contributed by atoms with Crippen LogP contribution in [0.2, 0.25) is 0 Å². The predicted octanol–water partition coefficient (Wildman–Crippen LogP) is 2.83. The van der Waals surface area contributed by atoms with E-state index in [1.807, 2.05) is 0 Å². The van der Waals surface area contributed by atoms with Crippen LogP contribution in [0.15, 0.2) is 21.0 Å². The molecule has 100 valence electrons.